The number of H-pyrrole nitrogens is 1. The van der Waals surface area contributed by atoms with Crippen LogP contribution in [-0.2, 0) is 0 Å². The minimum Gasteiger partial charge on any atom is -0.478 e. The number of carboxylic acid groups (broad SMARTS) is 1. The molecule has 5 nitrogen and oxygen atoms in total. The van der Waals surface area contributed by atoms with Gasteiger partial charge in [-0.2, -0.15) is 0 Å². The van der Waals surface area contributed by atoms with Crippen molar-refractivity contribution in [2.24, 2.45) is 0 Å². The zero-order valence-corrected chi connectivity index (χ0v) is 11.7. The van der Waals surface area contributed by atoms with E-state index in [1.54, 1.807) is 18.3 Å². The van der Waals surface area contributed by atoms with Crippen LogP contribution in [0, 0.1) is 11.8 Å². The van der Waals surface area contributed by atoms with Gasteiger partial charge in [0.1, 0.15) is 5.69 Å². The third-order valence-electron chi connectivity index (χ3n) is 2.96. The van der Waals surface area contributed by atoms with E-state index in [-0.39, 0.29) is 17.2 Å². The van der Waals surface area contributed by atoms with Gasteiger partial charge in [-0.05, 0) is 29.9 Å². The van der Waals surface area contributed by atoms with E-state index in [4.69, 9.17) is 0 Å². The maximum Gasteiger partial charge on any atom is 0.338 e. The maximum absolute atomic E-state index is 11.4. The Morgan fingerprint density at radius 2 is 2.14 bits per heavy atom. The molecule has 0 aliphatic carbocycles. The van der Waals surface area contributed by atoms with Gasteiger partial charge in [-0.3, -0.25) is 4.79 Å². The highest BCUT2D eigenvalue weighted by Crippen LogP contribution is 2.26. The fourth-order valence-electron chi connectivity index (χ4n) is 2.09. The van der Waals surface area contributed by atoms with E-state index < -0.39 is 5.97 Å². The molecule has 0 fully saturated rings. The standard InChI is InChI=1S/C16H14N2O3/c1-10(2)14-12(7-6-11-5-3-4-8-17-11)18-13(9-19)15(14)16(20)21/h3-5,8-10,18H,1-2H3,(H,20,21). The number of hydrogen-bond acceptors (Lipinski definition) is 3. The number of rotatable bonds is 3. The molecule has 106 valence electrons. The minimum atomic E-state index is -1.14. The Balaban J connectivity index is 2.57. The van der Waals surface area contributed by atoms with Crippen LogP contribution in [0.2, 0.25) is 0 Å². The molecule has 5 heteroatoms. The van der Waals surface area contributed by atoms with Crippen molar-refractivity contribution >= 4 is 12.3 Å². The lowest BCUT2D eigenvalue weighted by molar-refractivity contribution is 0.0692. The van der Waals surface area contributed by atoms with Gasteiger partial charge in [0.05, 0.1) is 17.0 Å². The number of nitrogens with zero attached hydrogens (tertiary/aromatic N) is 1. The molecule has 0 aliphatic rings. The fourth-order valence-corrected chi connectivity index (χ4v) is 2.09. The smallest absolute Gasteiger partial charge is 0.338 e. The summed E-state index contributed by atoms with van der Waals surface area (Å²) < 4.78 is 0. The molecule has 0 bridgehead atoms. The largest absolute Gasteiger partial charge is 0.478 e. The van der Waals surface area contributed by atoms with E-state index in [9.17, 15) is 14.7 Å². The van der Waals surface area contributed by atoms with Crippen LogP contribution in [-0.4, -0.2) is 27.3 Å². The van der Waals surface area contributed by atoms with Crippen LogP contribution in [0.25, 0.3) is 0 Å². The number of pyridine rings is 1. The molecule has 0 saturated carbocycles. The highest BCUT2D eigenvalue weighted by molar-refractivity contribution is 5.98. The van der Waals surface area contributed by atoms with Gasteiger partial charge in [-0.15, -0.1) is 0 Å². The van der Waals surface area contributed by atoms with Crippen LogP contribution in [0.1, 0.15) is 57.6 Å². The topological polar surface area (TPSA) is 83.0 Å². The number of carbonyl (C=O) groups is 2. The summed E-state index contributed by atoms with van der Waals surface area (Å²) in [5.74, 6) is 4.52. The van der Waals surface area contributed by atoms with E-state index in [1.807, 2.05) is 19.9 Å². The number of aromatic nitrogens is 2. The van der Waals surface area contributed by atoms with Crippen molar-refractivity contribution in [3.63, 3.8) is 0 Å². The third-order valence-corrected chi connectivity index (χ3v) is 2.96. The minimum absolute atomic E-state index is 0.00896. The molecule has 0 saturated heterocycles. The van der Waals surface area contributed by atoms with Crippen molar-refractivity contribution in [1.82, 2.24) is 9.97 Å². The normalized spacial score (nSPS) is 10.0. The lowest BCUT2D eigenvalue weighted by Gasteiger charge is -2.05. The summed E-state index contributed by atoms with van der Waals surface area (Å²) in [5, 5.41) is 9.29. The second kappa shape index (κ2) is 6.06. The molecule has 2 aromatic heterocycles. The first-order chi connectivity index (χ1) is 10.0. The highest BCUT2D eigenvalue weighted by Gasteiger charge is 2.23. The Hall–Kier alpha value is -2.87. The summed E-state index contributed by atoms with van der Waals surface area (Å²) in [7, 11) is 0. The summed E-state index contributed by atoms with van der Waals surface area (Å²) in [6.07, 6.45) is 2.13. The third kappa shape index (κ3) is 3.00. The lowest BCUT2D eigenvalue weighted by Crippen LogP contribution is -2.04. The molecule has 2 rings (SSSR count). The second-order valence-corrected chi connectivity index (χ2v) is 4.75. The van der Waals surface area contributed by atoms with Crippen molar-refractivity contribution < 1.29 is 14.7 Å². The summed E-state index contributed by atoms with van der Waals surface area (Å²) >= 11 is 0. The fraction of sp³-hybridized carbons (Fsp3) is 0.188. The Bertz CT molecular complexity index is 734. The molecule has 2 aromatic rings. The van der Waals surface area contributed by atoms with Gasteiger partial charge in [-0.1, -0.05) is 19.9 Å². The Kier molecular flexibility index (Phi) is 4.19. The molecule has 0 radical (unpaired) electrons. The summed E-state index contributed by atoms with van der Waals surface area (Å²) in [6, 6.07) is 5.35. The van der Waals surface area contributed by atoms with E-state index in [0.717, 1.165) is 0 Å². The zero-order chi connectivity index (χ0) is 15.4. The van der Waals surface area contributed by atoms with Crippen molar-refractivity contribution in [2.75, 3.05) is 0 Å². The van der Waals surface area contributed by atoms with Gasteiger partial charge in [0.15, 0.2) is 6.29 Å². The molecule has 21 heavy (non-hydrogen) atoms. The number of aldehydes is 1. The van der Waals surface area contributed by atoms with Crippen LogP contribution < -0.4 is 0 Å². The second-order valence-electron chi connectivity index (χ2n) is 4.75. The average Bonchev–Trinajstić information content (AvgIpc) is 2.85. The van der Waals surface area contributed by atoms with E-state index in [1.165, 1.54) is 0 Å². The van der Waals surface area contributed by atoms with Gasteiger partial charge in [0.2, 0.25) is 0 Å². The number of aromatic carboxylic acids is 1. The first-order valence-corrected chi connectivity index (χ1v) is 6.42. The number of carboxylic acids is 1. The predicted molar refractivity (Wildman–Crippen MR) is 77.4 cm³/mol. The predicted octanol–water partition coefficient (Wildman–Crippen LogP) is 2.44. The molecule has 2 heterocycles. The van der Waals surface area contributed by atoms with Gasteiger partial charge >= 0.3 is 5.97 Å². The molecule has 0 aliphatic heterocycles. The molecule has 0 amide bonds. The van der Waals surface area contributed by atoms with Crippen molar-refractivity contribution in [3.8, 4) is 11.8 Å². The number of hydrogen-bond donors (Lipinski definition) is 2. The number of aromatic amines is 1. The quantitative estimate of drug-likeness (QED) is 0.669. The van der Waals surface area contributed by atoms with E-state index in [2.05, 4.69) is 21.8 Å². The van der Waals surface area contributed by atoms with Gasteiger partial charge in [0, 0.05) is 11.8 Å². The van der Waals surface area contributed by atoms with Crippen LogP contribution in [0.5, 0.6) is 0 Å². The number of nitrogens with one attached hydrogen (secondary N) is 1. The van der Waals surface area contributed by atoms with E-state index >= 15 is 0 Å². The van der Waals surface area contributed by atoms with Crippen molar-refractivity contribution in [3.05, 3.63) is 52.6 Å². The maximum atomic E-state index is 11.4. The molecular formula is C16H14N2O3. The Morgan fingerprint density at radius 1 is 1.38 bits per heavy atom. The lowest BCUT2D eigenvalue weighted by atomic mass is 9.97. The average molecular weight is 282 g/mol. The molecule has 0 unspecified atom stereocenters. The zero-order valence-electron chi connectivity index (χ0n) is 11.7. The first kappa shape index (κ1) is 14.5. The van der Waals surface area contributed by atoms with Gasteiger partial charge < -0.3 is 10.1 Å². The summed E-state index contributed by atoms with van der Waals surface area (Å²) in [6.45, 7) is 3.71. The Labute approximate surface area is 122 Å². The molecule has 2 N–H and O–H groups in total. The SMILES string of the molecule is CC(C)c1c(C#Cc2ccccn2)[nH]c(C=O)c1C(=O)O. The molecule has 0 atom stereocenters. The molecule has 0 spiro atoms. The van der Waals surface area contributed by atoms with Crippen LogP contribution in [0.15, 0.2) is 24.4 Å². The summed E-state index contributed by atoms with van der Waals surface area (Å²) in [4.78, 5) is 29.3. The van der Waals surface area contributed by atoms with E-state index in [0.29, 0.717) is 23.2 Å². The van der Waals surface area contributed by atoms with Gasteiger partial charge in [-0.25, -0.2) is 9.78 Å². The summed E-state index contributed by atoms with van der Waals surface area (Å²) in [5.41, 5.74) is 1.58. The van der Waals surface area contributed by atoms with Crippen LogP contribution in [0.3, 0.4) is 0 Å². The van der Waals surface area contributed by atoms with Crippen LogP contribution >= 0.6 is 0 Å². The first-order valence-electron chi connectivity index (χ1n) is 6.42. The van der Waals surface area contributed by atoms with Crippen molar-refractivity contribution in [2.45, 2.75) is 19.8 Å². The molecule has 0 aromatic carbocycles. The highest BCUT2D eigenvalue weighted by atomic mass is 16.4. The monoisotopic (exact) mass is 282 g/mol. The number of carbonyl (C=O) groups excluding carboxylic acids is 1. The van der Waals surface area contributed by atoms with Crippen molar-refractivity contribution in [1.29, 1.82) is 0 Å². The Morgan fingerprint density at radius 3 is 2.67 bits per heavy atom. The molecular weight excluding hydrogens is 268 g/mol. The van der Waals surface area contributed by atoms with Crippen LogP contribution in [0.4, 0.5) is 0 Å². The van der Waals surface area contributed by atoms with Gasteiger partial charge in [0.25, 0.3) is 0 Å².